The SMILES string of the molecule is Nc1cnc2n[nH]c(Cc3ccco3)c2c1. The second-order valence-corrected chi connectivity index (χ2v) is 3.60. The highest BCUT2D eigenvalue weighted by Gasteiger charge is 2.08. The lowest BCUT2D eigenvalue weighted by atomic mass is 10.2. The number of nitrogen functional groups attached to an aromatic ring is 1. The Kier molecular flexibility index (Phi) is 1.89. The number of nitrogens with zero attached hydrogens (tertiary/aromatic N) is 2. The van der Waals surface area contributed by atoms with E-state index in [0.717, 1.165) is 16.8 Å². The van der Waals surface area contributed by atoms with Crippen LogP contribution in [0.4, 0.5) is 5.69 Å². The molecule has 5 nitrogen and oxygen atoms in total. The monoisotopic (exact) mass is 214 g/mol. The van der Waals surface area contributed by atoms with Crippen LogP contribution in [-0.2, 0) is 6.42 Å². The summed E-state index contributed by atoms with van der Waals surface area (Å²) in [6, 6.07) is 5.65. The van der Waals surface area contributed by atoms with Crippen molar-refractivity contribution in [2.75, 3.05) is 5.73 Å². The van der Waals surface area contributed by atoms with E-state index in [2.05, 4.69) is 15.2 Å². The number of anilines is 1. The van der Waals surface area contributed by atoms with Gasteiger partial charge >= 0.3 is 0 Å². The fourth-order valence-corrected chi connectivity index (χ4v) is 1.69. The first-order valence-electron chi connectivity index (χ1n) is 4.94. The van der Waals surface area contributed by atoms with E-state index in [-0.39, 0.29) is 0 Å². The van der Waals surface area contributed by atoms with Crippen LogP contribution in [0.2, 0.25) is 0 Å². The van der Waals surface area contributed by atoms with Crippen LogP contribution in [0.5, 0.6) is 0 Å². The average Bonchev–Trinajstić information content (AvgIpc) is 2.90. The van der Waals surface area contributed by atoms with E-state index in [1.54, 1.807) is 12.5 Å². The maximum atomic E-state index is 5.70. The number of hydrogen-bond donors (Lipinski definition) is 2. The smallest absolute Gasteiger partial charge is 0.181 e. The Morgan fingerprint density at radius 2 is 2.38 bits per heavy atom. The summed E-state index contributed by atoms with van der Waals surface area (Å²) in [4.78, 5) is 4.13. The van der Waals surface area contributed by atoms with Crippen molar-refractivity contribution in [3.05, 3.63) is 42.1 Å². The van der Waals surface area contributed by atoms with Crippen molar-refractivity contribution in [3.8, 4) is 0 Å². The van der Waals surface area contributed by atoms with Gasteiger partial charge in [0.1, 0.15) is 5.76 Å². The van der Waals surface area contributed by atoms with E-state index in [9.17, 15) is 0 Å². The van der Waals surface area contributed by atoms with Crippen LogP contribution in [0.15, 0.2) is 35.1 Å². The first kappa shape index (κ1) is 8.96. The molecule has 0 radical (unpaired) electrons. The minimum atomic E-state index is 0.634. The van der Waals surface area contributed by atoms with Crippen molar-refractivity contribution in [2.45, 2.75) is 6.42 Å². The third-order valence-corrected chi connectivity index (χ3v) is 2.44. The molecule has 0 fully saturated rings. The summed E-state index contributed by atoms with van der Waals surface area (Å²) in [5.41, 5.74) is 7.97. The van der Waals surface area contributed by atoms with Gasteiger partial charge in [-0.25, -0.2) is 4.98 Å². The largest absolute Gasteiger partial charge is 0.469 e. The summed E-state index contributed by atoms with van der Waals surface area (Å²) in [7, 11) is 0. The molecule has 0 unspecified atom stereocenters. The maximum absolute atomic E-state index is 5.70. The molecule has 3 aromatic heterocycles. The molecule has 3 heterocycles. The Morgan fingerprint density at radius 1 is 1.44 bits per heavy atom. The number of rotatable bonds is 2. The molecule has 0 amide bonds. The van der Waals surface area contributed by atoms with Crippen molar-refractivity contribution in [2.24, 2.45) is 0 Å². The number of nitrogens with two attached hydrogens (primary N) is 1. The summed E-state index contributed by atoms with van der Waals surface area (Å²) >= 11 is 0. The molecule has 16 heavy (non-hydrogen) atoms. The summed E-state index contributed by atoms with van der Waals surface area (Å²) in [6.45, 7) is 0. The molecule has 0 aromatic carbocycles. The van der Waals surface area contributed by atoms with Crippen molar-refractivity contribution in [1.29, 1.82) is 0 Å². The van der Waals surface area contributed by atoms with Gasteiger partial charge in [0.05, 0.1) is 23.8 Å². The number of furan rings is 1. The van der Waals surface area contributed by atoms with E-state index in [0.29, 0.717) is 17.8 Å². The zero-order chi connectivity index (χ0) is 11.0. The third-order valence-electron chi connectivity index (χ3n) is 2.44. The van der Waals surface area contributed by atoms with E-state index >= 15 is 0 Å². The van der Waals surface area contributed by atoms with E-state index in [4.69, 9.17) is 10.2 Å². The number of pyridine rings is 1. The van der Waals surface area contributed by atoms with Gasteiger partial charge in [-0.1, -0.05) is 0 Å². The minimum Gasteiger partial charge on any atom is -0.469 e. The topological polar surface area (TPSA) is 80.7 Å². The van der Waals surface area contributed by atoms with Gasteiger partial charge in [-0.05, 0) is 18.2 Å². The highest BCUT2D eigenvalue weighted by molar-refractivity contribution is 5.80. The summed E-state index contributed by atoms with van der Waals surface area (Å²) in [6.07, 6.45) is 3.91. The molecule has 0 aliphatic heterocycles. The first-order valence-corrected chi connectivity index (χ1v) is 4.94. The summed E-state index contributed by atoms with van der Waals surface area (Å²) in [5.74, 6) is 0.882. The molecule has 3 aromatic rings. The van der Waals surface area contributed by atoms with Gasteiger partial charge in [0.2, 0.25) is 0 Å². The lowest BCUT2D eigenvalue weighted by molar-refractivity contribution is 0.519. The molecule has 80 valence electrons. The highest BCUT2D eigenvalue weighted by atomic mass is 16.3. The second kappa shape index (κ2) is 3.37. The Balaban J connectivity index is 2.07. The third kappa shape index (κ3) is 1.42. The molecule has 0 aliphatic rings. The molecule has 3 N–H and O–H groups in total. The van der Waals surface area contributed by atoms with Crippen molar-refractivity contribution < 1.29 is 4.42 Å². The number of nitrogens with one attached hydrogen (secondary N) is 1. The van der Waals surface area contributed by atoms with Crippen LogP contribution in [0.1, 0.15) is 11.5 Å². The average molecular weight is 214 g/mol. The first-order chi connectivity index (χ1) is 7.83. The Bertz CT molecular complexity index is 612. The zero-order valence-electron chi connectivity index (χ0n) is 8.47. The Labute approximate surface area is 91.3 Å². The number of aromatic amines is 1. The van der Waals surface area contributed by atoms with Crippen molar-refractivity contribution in [1.82, 2.24) is 15.2 Å². The number of aromatic nitrogens is 3. The highest BCUT2D eigenvalue weighted by Crippen LogP contribution is 2.19. The van der Waals surface area contributed by atoms with Gasteiger partial charge in [-0.2, -0.15) is 5.10 Å². The summed E-state index contributed by atoms with van der Waals surface area (Å²) in [5, 5.41) is 8.00. The lowest BCUT2D eigenvalue weighted by Crippen LogP contribution is -1.89. The van der Waals surface area contributed by atoms with E-state index in [1.165, 1.54) is 0 Å². The molecular weight excluding hydrogens is 204 g/mol. The van der Waals surface area contributed by atoms with Gasteiger partial charge in [-0.15, -0.1) is 0 Å². The van der Waals surface area contributed by atoms with Crippen LogP contribution >= 0.6 is 0 Å². The standard InChI is InChI=1S/C11H10N4O/c12-7-4-9-10(5-8-2-1-3-16-8)14-15-11(9)13-6-7/h1-4,6H,5,12H2,(H,13,14,15). The second-order valence-electron chi connectivity index (χ2n) is 3.60. The quantitative estimate of drug-likeness (QED) is 0.680. The Morgan fingerprint density at radius 3 is 3.19 bits per heavy atom. The minimum absolute atomic E-state index is 0.634. The molecule has 0 saturated carbocycles. The zero-order valence-corrected chi connectivity index (χ0v) is 8.47. The van der Waals surface area contributed by atoms with Crippen LogP contribution in [-0.4, -0.2) is 15.2 Å². The fraction of sp³-hybridized carbons (Fsp3) is 0.0909. The molecule has 0 atom stereocenters. The van der Waals surface area contributed by atoms with E-state index in [1.807, 2.05) is 18.2 Å². The Hall–Kier alpha value is -2.30. The molecule has 0 saturated heterocycles. The molecule has 0 bridgehead atoms. The van der Waals surface area contributed by atoms with Crippen LogP contribution in [0.25, 0.3) is 11.0 Å². The molecule has 3 rings (SSSR count). The van der Waals surface area contributed by atoms with Crippen molar-refractivity contribution in [3.63, 3.8) is 0 Å². The molecule has 5 heteroatoms. The van der Waals surface area contributed by atoms with Gasteiger partial charge in [0.25, 0.3) is 0 Å². The number of hydrogen-bond acceptors (Lipinski definition) is 4. The van der Waals surface area contributed by atoms with Crippen LogP contribution < -0.4 is 5.73 Å². The van der Waals surface area contributed by atoms with Crippen molar-refractivity contribution >= 4 is 16.7 Å². The number of fused-ring (bicyclic) bond motifs is 1. The maximum Gasteiger partial charge on any atom is 0.181 e. The van der Waals surface area contributed by atoms with Gasteiger partial charge < -0.3 is 10.2 Å². The fourth-order valence-electron chi connectivity index (χ4n) is 1.69. The van der Waals surface area contributed by atoms with Gasteiger partial charge in [0.15, 0.2) is 5.65 Å². The van der Waals surface area contributed by atoms with Gasteiger partial charge in [0, 0.05) is 11.8 Å². The normalized spacial score (nSPS) is 11.0. The molecular formula is C11H10N4O. The van der Waals surface area contributed by atoms with Gasteiger partial charge in [-0.3, -0.25) is 5.10 Å². The van der Waals surface area contributed by atoms with Crippen LogP contribution in [0, 0.1) is 0 Å². The molecule has 0 aliphatic carbocycles. The predicted octanol–water partition coefficient (Wildman–Crippen LogP) is 1.72. The predicted molar refractivity (Wildman–Crippen MR) is 59.8 cm³/mol. The number of H-pyrrole nitrogens is 1. The molecule has 0 spiro atoms. The lowest BCUT2D eigenvalue weighted by Gasteiger charge is -1.96. The van der Waals surface area contributed by atoms with E-state index < -0.39 is 0 Å². The van der Waals surface area contributed by atoms with Crippen LogP contribution in [0.3, 0.4) is 0 Å². The summed E-state index contributed by atoms with van der Waals surface area (Å²) < 4.78 is 5.29.